The number of nitrogens with zero attached hydrogens (tertiary/aromatic N) is 3. The number of carbonyl (C=O) groups is 1. The number of hydrogen-bond acceptors (Lipinski definition) is 3. The maximum atomic E-state index is 12.7. The van der Waals surface area contributed by atoms with E-state index in [-0.39, 0.29) is 24.6 Å². The number of aliphatic hydroxyl groups is 1. The van der Waals surface area contributed by atoms with Crippen molar-refractivity contribution in [2.45, 2.75) is 64.0 Å². The van der Waals surface area contributed by atoms with E-state index in [9.17, 15) is 9.90 Å². The number of likely N-dealkylation sites (tertiary alicyclic amines) is 1. The SMILES string of the molecule is CCCC(CC(=O)N1CCCCC1CCO)n1ccnc1. The standard InChI is InChI=1S/C16H27N3O2/c1-2-5-15(18-10-8-17-13-18)12-16(21)19-9-4-3-6-14(19)7-11-20/h8,10,13-15,20H,2-7,9,11-12H2,1H3. The van der Waals surface area contributed by atoms with Gasteiger partial charge in [0.25, 0.3) is 0 Å². The van der Waals surface area contributed by atoms with Gasteiger partial charge in [0, 0.05) is 44.0 Å². The van der Waals surface area contributed by atoms with Gasteiger partial charge in [-0.3, -0.25) is 4.79 Å². The van der Waals surface area contributed by atoms with Gasteiger partial charge in [0.2, 0.25) is 5.91 Å². The van der Waals surface area contributed by atoms with E-state index in [1.165, 1.54) is 0 Å². The number of aliphatic hydroxyl groups excluding tert-OH is 1. The van der Waals surface area contributed by atoms with E-state index in [0.29, 0.717) is 12.8 Å². The molecule has 0 spiro atoms. The van der Waals surface area contributed by atoms with Crippen LogP contribution in [0.2, 0.25) is 0 Å². The van der Waals surface area contributed by atoms with Crippen LogP contribution >= 0.6 is 0 Å². The Morgan fingerprint density at radius 3 is 3.00 bits per heavy atom. The third kappa shape index (κ3) is 4.30. The van der Waals surface area contributed by atoms with E-state index in [1.54, 1.807) is 12.5 Å². The Morgan fingerprint density at radius 2 is 2.33 bits per heavy atom. The van der Waals surface area contributed by atoms with Gasteiger partial charge in [0.05, 0.1) is 6.33 Å². The number of carbonyl (C=O) groups excluding carboxylic acids is 1. The molecule has 1 aliphatic heterocycles. The van der Waals surface area contributed by atoms with Gasteiger partial charge >= 0.3 is 0 Å². The minimum absolute atomic E-state index is 0.161. The van der Waals surface area contributed by atoms with Crippen molar-refractivity contribution in [1.29, 1.82) is 0 Å². The van der Waals surface area contributed by atoms with E-state index in [2.05, 4.69) is 11.9 Å². The molecule has 2 heterocycles. The maximum absolute atomic E-state index is 12.7. The zero-order valence-corrected chi connectivity index (χ0v) is 12.9. The number of hydrogen-bond donors (Lipinski definition) is 1. The molecule has 5 heteroatoms. The van der Waals surface area contributed by atoms with Crippen molar-refractivity contribution in [2.24, 2.45) is 0 Å². The van der Waals surface area contributed by atoms with Crippen molar-refractivity contribution >= 4 is 5.91 Å². The van der Waals surface area contributed by atoms with Gasteiger partial charge in [-0.25, -0.2) is 4.98 Å². The summed E-state index contributed by atoms with van der Waals surface area (Å²) in [7, 11) is 0. The summed E-state index contributed by atoms with van der Waals surface area (Å²) in [5, 5.41) is 9.18. The van der Waals surface area contributed by atoms with Crippen molar-refractivity contribution in [1.82, 2.24) is 14.5 Å². The molecule has 2 atom stereocenters. The highest BCUT2D eigenvalue weighted by molar-refractivity contribution is 5.77. The average Bonchev–Trinajstić information content (AvgIpc) is 3.02. The topological polar surface area (TPSA) is 58.4 Å². The summed E-state index contributed by atoms with van der Waals surface area (Å²) < 4.78 is 2.05. The van der Waals surface area contributed by atoms with Gasteiger partial charge in [-0.05, 0) is 32.1 Å². The van der Waals surface area contributed by atoms with Crippen LogP contribution in [0, 0.1) is 0 Å². The van der Waals surface area contributed by atoms with Crippen molar-refractivity contribution in [3.05, 3.63) is 18.7 Å². The summed E-state index contributed by atoms with van der Waals surface area (Å²) in [4.78, 5) is 18.8. The second-order valence-electron chi connectivity index (χ2n) is 5.91. The Bertz CT molecular complexity index is 417. The summed E-state index contributed by atoms with van der Waals surface area (Å²) in [5.41, 5.74) is 0. The van der Waals surface area contributed by atoms with E-state index < -0.39 is 0 Å². The quantitative estimate of drug-likeness (QED) is 0.839. The molecule has 5 nitrogen and oxygen atoms in total. The molecule has 1 aliphatic rings. The normalized spacial score (nSPS) is 20.5. The fourth-order valence-electron chi connectivity index (χ4n) is 3.27. The number of piperidine rings is 1. The maximum Gasteiger partial charge on any atom is 0.224 e. The lowest BCUT2D eigenvalue weighted by Gasteiger charge is -2.36. The molecule has 118 valence electrons. The first-order chi connectivity index (χ1) is 10.3. The first kappa shape index (κ1) is 16.0. The zero-order valence-electron chi connectivity index (χ0n) is 12.9. The minimum atomic E-state index is 0.161. The third-order valence-electron chi connectivity index (χ3n) is 4.39. The van der Waals surface area contributed by atoms with E-state index in [0.717, 1.165) is 38.6 Å². The summed E-state index contributed by atoms with van der Waals surface area (Å²) >= 11 is 0. The highest BCUT2D eigenvalue weighted by Gasteiger charge is 2.27. The molecule has 0 saturated carbocycles. The molecule has 1 fully saturated rings. The minimum Gasteiger partial charge on any atom is -0.396 e. The summed E-state index contributed by atoms with van der Waals surface area (Å²) in [6.45, 7) is 3.14. The number of aromatic nitrogens is 2. The molecule has 1 saturated heterocycles. The largest absolute Gasteiger partial charge is 0.396 e. The Balaban J connectivity index is 2.00. The molecule has 1 amide bonds. The molecule has 0 radical (unpaired) electrons. The molecular weight excluding hydrogens is 266 g/mol. The molecule has 1 aromatic heterocycles. The average molecular weight is 293 g/mol. The van der Waals surface area contributed by atoms with Crippen LogP contribution in [0.15, 0.2) is 18.7 Å². The Labute approximate surface area is 127 Å². The van der Waals surface area contributed by atoms with E-state index >= 15 is 0 Å². The van der Waals surface area contributed by atoms with Crippen molar-refractivity contribution < 1.29 is 9.90 Å². The highest BCUT2D eigenvalue weighted by Crippen LogP contribution is 2.24. The van der Waals surface area contributed by atoms with Gasteiger partial charge in [-0.15, -0.1) is 0 Å². The lowest BCUT2D eigenvalue weighted by molar-refractivity contribution is -0.136. The predicted molar refractivity (Wildman–Crippen MR) is 81.8 cm³/mol. The van der Waals surface area contributed by atoms with Crippen molar-refractivity contribution in [3.8, 4) is 0 Å². The van der Waals surface area contributed by atoms with E-state index in [1.807, 2.05) is 15.7 Å². The van der Waals surface area contributed by atoms with Crippen molar-refractivity contribution in [2.75, 3.05) is 13.2 Å². The Morgan fingerprint density at radius 1 is 1.48 bits per heavy atom. The summed E-state index contributed by atoms with van der Waals surface area (Å²) in [6.07, 6.45) is 12.0. The second-order valence-corrected chi connectivity index (χ2v) is 5.91. The summed E-state index contributed by atoms with van der Waals surface area (Å²) in [6, 6.07) is 0.419. The lowest BCUT2D eigenvalue weighted by atomic mass is 9.98. The molecule has 2 unspecified atom stereocenters. The van der Waals surface area contributed by atoms with Gasteiger partial charge in [0.1, 0.15) is 0 Å². The van der Waals surface area contributed by atoms with E-state index in [4.69, 9.17) is 0 Å². The Hall–Kier alpha value is -1.36. The van der Waals surface area contributed by atoms with Crippen LogP contribution < -0.4 is 0 Å². The first-order valence-electron chi connectivity index (χ1n) is 8.14. The predicted octanol–water partition coefficient (Wildman–Crippen LogP) is 2.38. The molecule has 1 aromatic rings. The van der Waals surface area contributed by atoms with Crippen LogP contribution in [-0.4, -0.2) is 44.7 Å². The molecule has 2 rings (SSSR count). The van der Waals surface area contributed by atoms with Crippen molar-refractivity contribution in [3.63, 3.8) is 0 Å². The smallest absolute Gasteiger partial charge is 0.224 e. The molecule has 0 bridgehead atoms. The fourth-order valence-corrected chi connectivity index (χ4v) is 3.27. The van der Waals surface area contributed by atoms with Gasteiger partial charge in [-0.2, -0.15) is 0 Å². The number of rotatable bonds is 7. The van der Waals surface area contributed by atoms with Crippen LogP contribution in [0.3, 0.4) is 0 Å². The van der Waals surface area contributed by atoms with Gasteiger partial charge in [0.15, 0.2) is 0 Å². The third-order valence-corrected chi connectivity index (χ3v) is 4.39. The second kappa shape index (κ2) is 8.17. The number of amides is 1. The van der Waals surface area contributed by atoms with Crippen LogP contribution in [0.5, 0.6) is 0 Å². The fraction of sp³-hybridized carbons (Fsp3) is 0.750. The molecule has 21 heavy (non-hydrogen) atoms. The Kier molecular flexibility index (Phi) is 6.23. The summed E-state index contributed by atoms with van der Waals surface area (Å²) in [5.74, 6) is 0.223. The van der Waals surface area contributed by atoms with Gasteiger partial charge < -0.3 is 14.6 Å². The monoisotopic (exact) mass is 293 g/mol. The molecule has 0 aromatic carbocycles. The van der Waals surface area contributed by atoms with Crippen LogP contribution in [0.4, 0.5) is 0 Å². The zero-order chi connectivity index (χ0) is 15.1. The first-order valence-corrected chi connectivity index (χ1v) is 8.14. The van der Waals surface area contributed by atoms with Gasteiger partial charge in [-0.1, -0.05) is 13.3 Å². The number of imidazole rings is 1. The lowest BCUT2D eigenvalue weighted by Crippen LogP contribution is -2.44. The molecule has 1 N–H and O–H groups in total. The van der Waals surface area contributed by atoms with Crippen LogP contribution in [-0.2, 0) is 4.79 Å². The highest BCUT2D eigenvalue weighted by atomic mass is 16.3. The molecule has 0 aliphatic carbocycles. The van der Waals surface area contributed by atoms with Crippen LogP contribution in [0.1, 0.15) is 57.9 Å². The van der Waals surface area contributed by atoms with Crippen LogP contribution in [0.25, 0.3) is 0 Å². The molecular formula is C16H27N3O2.